The number of sulfone groups is 1. The molecule has 4 heterocycles. The molecule has 36 heavy (non-hydrogen) atoms. The van der Waals surface area contributed by atoms with Crippen molar-refractivity contribution in [2.24, 2.45) is 0 Å². The van der Waals surface area contributed by atoms with Crippen LogP contribution in [-0.4, -0.2) is 59.3 Å². The maximum atomic E-state index is 13.7. The lowest BCUT2D eigenvalue weighted by atomic mass is 10.0. The number of anilines is 1. The molecule has 0 unspecified atom stereocenters. The van der Waals surface area contributed by atoms with Gasteiger partial charge in [0.15, 0.2) is 9.84 Å². The minimum Gasteiger partial charge on any atom is -0.370 e. The topological polar surface area (TPSA) is 88.4 Å². The molecule has 2 aliphatic rings. The molecule has 5 rings (SSSR count). The van der Waals surface area contributed by atoms with Crippen LogP contribution in [-0.2, 0) is 29.3 Å². The highest BCUT2D eigenvalue weighted by Gasteiger charge is 2.36. The number of piperidine rings is 1. The molecular formula is C25H27F2N5O3S. The van der Waals surface area contributed by atoms with Gasteiger partial charge in [0.05, 0.1) is 28.4 Å². The number of amides is 1. The number of fused-ring (bicyclic) bond motifs is 1. The Labute approximate surface area is 208 Å². The summed E-state index contributed by atoms with van der Waals surface area (Å²) in [6, 6.07) is 8.18. The first kappa shape index (κ1) is 24.4. The number of hydrogen-bond acceptors (Lipinski definition) is 6. The lowest BCUT2D eigenvalue weighted by Crippen LogP contribution is -2.40. The number of hydrogen-bond donors (Lipinski definition) is 0. The maximum Gasteiger partial charge on any atom is 0.256 e. The van der Waals surface area contributed by atoms with Crippen LogP contribution < -0.4 is 4.90 Å². The molecule has 0 N–H and O–H groups in total. The number of benzene rings is 1. The standard InChI is InChI=1S/C25H27F2N5O3S/c1-3-18-12-19(6-9-28-18)32-15-17-14-31(16-22(17)29-32)24(33)21-13-20(36(2,34)35)4-5-23(21)30-10-7-25(26,27)8-11-30/h4-6,9,12-13,15H,3,7-8,10-11,14,16H2,1-2H3. The van der Waals surface area contributed by atoms with E-state index in [2.05, 4.69) is 10.1 Å². The van der Waals surface area contributed by atoms with Gasteiger partial charge in [0.2, 0.25) is 0 Å². The monoisotopic (exact) mass is 515 g/mol. The van der Waals surface area contributed by atoms with E-state index in [1.54, 1.807) is 26.7 Å². The van der Waals surface area contributed by atoms with Crippen molar-refractivity contribution < 1.29 is 22.0 Å². The maximum absolute atomic E-state index is 13.7. The predicted octanol–water partition coefficient (Wildman–Crippen LogP) is 3.62. The first-order valence-electron chi connectivity index (χ1n) is 11.8. The molecule has 0 spiro atoms. The number of aromatic nitrogens is 3. The van der Waals surface area contributed by atoms with Crippen LogP contribution in [0.3, 0.4) is 0 Å². The average Bonchev–Trinajstić information content (AvgIpc) is 3.42. The Kier molecular flexibility index (Phi) is 6.06. The predicted molar refractivity (Wildman–Crippen MR) is 130 cm³/mol. The number of halogens is 2. The number of carbonyl (C=O) groups excluding carboxylic acids is 1. The van der Waals surface area contributed by atoms with Crippen molar-refractivity contribution >= 4 is 21.4 Å². The highest BCUT2D eigenvalue weighted by atomic mass is 32.2. The highest BCUT2D eigenvalue weighted by Crippen LogP contribution is 2.34. The fourth-order valence-corrected chi connectivity index (χ4v) is 5.32. The number of carbonyl (C=O) groups is 1. The molecule has 0 bridgehead atoms. The molecular weight excluding hydrogens is 488 g/mol. The summed E-state index contributed by atoms with van der Waals surface area (Å²) in [6.45, 7) is 2.79. The molecule has 1 aromatic carbocycles. The number of rotatable bonds is 5. The Hall–Kier alpha value is -3.34. The van der Waals surface area contributed by atoms with Gasteiger partial charge in [-0.2, -0.15) is 5.10 Å². The van der Waals surface area contributed by atoms with Gasteiger partial charge in [-0.25, -0.2) is 21.9 Å². The Balaban J connectivity index is 1.42. The van der Waals surface area contributed by atoms with Gasteiger partial charge in [-0.15, -0.1) is 0 Å². The van der Waals surface area contributed by atoms with Crippen LogP contribution in [0.2, 0.25) is 0 Å². The second-order valence-electron chi connectivity index (χ2n) is 9.36. The second kappa shape index (κ2) is 8.95. The first-order valence-corrected chi connectivity index (χ1v) is 13.7. The summed E-state index contributed by atoms with van der Waals surface area (Å²) in [5, 5.41) is 4.65. The molecule has 11 heteroatoms. The van der Waals surface area contributed by atoms with Crippen LogP contribution in [0.4, 0.5) is 14.5 Å². The van der Waals surface area contributed by atoms with E-state index in [9.17, 15) is 22.0 Å². The summed E-state index contributed by atoms with van der Waals surface area (Å²) in [5.41, 5.74) is 4.17. The Bertz CT molecular complexity index is 1400. The molecule has 1 amide bonds. The second-order valence-corrected chi connectivity index (χ2v) is 11.4. The van der Waals surface area contributed by atoms with Crippen LogP contribution in [0.5, 0.6) is 0 Å². The van der Waals surface area contributed by atoms with Crippen molar-refractivity contribution in [3.05, 3.63) is 65.2 Å². The van der Waals surface area contributed by atoms with Crippen LogP contribution in [0.1, 0.15) is 47.1 Å². The van der Waals surface area contributed by atoms with Crippen LogP contribution in [0.15, 0.2) is 47.6 Å². The largest absolute Gasteiger partial charge is 0.370 e. The Morgan fingerprint density at radius 2 is 1.86 bits per heavy atom. The van der Waals surface area contributed by atoms with Gasteiger partial charge in [-0.05, 0) is 36.8 Å². The minimum atomic E-state index is -3.56. The number of pyridine rings is 1. The summed E-state index contributed by atoms with van der Waals surface area (Å²) in [5.74, 6) is -3.09. The normalized spacial score (nSPS) is 17.3. The highest BCUT2D eigenvalue weighted by molar-refractivity contribution is 7.90. The first-order chi connectivity index (χ1) is 17.0. The molecule has 190 valence electrons. The molecule has 0 aliphatic carbocycles. The average molecular weight is 516 g/mol. The summed E-state index contributed by atoms with van der Waals surface area (Å²) >= 11 is 0. The number of nitrogens with zero attached hydrogens (tertiary/aromatic N) is 5. The van der Waals surface area contributed by atoms with Crippen molar-refractivity contribution in [1.82, 2.24) is 19.7 Å². The molecule has 8 nitrogen and oxygen atoms in total. The molecule has 0 saturated carbocycles. The van der Waals surface area contributed by atoms with Gasteiger partial charge in [-0.3, -0.25) is 9.78 Å². The van der Waals surface area contributed by atoms with E-state index < -0.39 is 15.8 Å². The number of alkyl halides is 2. The van der Waals surface area contributed by atoms with E-state index >= 15 is 0 Å². The molecule has 0 atom stereocenters. The van der Waals surface area contributed by atoms with Gasteiger partial charge in [0.25, 0.3) is 11.8 Å². The Morgan fingerprint density at radius 1 is 1.11 bits per heavy atom. The van der Waals surface area contributed by atoms with Gasteiger partial charge in [0, 0.05) is 68.1 Å². The zero-order valence-electron chi connectivity index (χ0n) is 20.1. The molecule has 1 saturated heterocycles. The third-order valence-corrected chi connectivity index (χ3v) is 7.87. The zero-order valence-corrected chi connectivity index (χ0v) is 20.9. The van der Waals surface area contributed by atoms with E-state index in [4.69, 9.17) is 0 Å². The summed E-state index contributed by atoms with van der Waals surface area (Å²) in [4.78, 5) is 21.3. The van der Waals surface area contributed by atoms with Crippen molar-refractivity contribution in [1.29, 1.82) is 0 Å². The molecule has 0 radical (unpaired) electrons. The van der Waals surface area contributed by atoms with E-state index in [0.29, 0.717) is 12.2 Å². The van der Waals surface area contributed by atoms with Crippen molar-refractivity contribution in [2.45, 2.75) is 50.1 Å². The van der Waals surface area contributed by atoms with E-state index in [0.717, 1.165) is 35.3 Å². The van der Waals surface area contributed by atoms with Crippen LogP contribution >= 0.6 is 0 Å². The summed E-state index contributed by atoms with van der Waals surface area (Å²) < 4.78 is 53.7. The van der Waals surface area contributed by atoms with Crippen LogP contribution in [0, 0.1) is 0 Å². The number of aryl methyl sites for hydroxylation is 1. The third kappa shape index (κ3) is 4.71. The Morgan fingerprint density at radius 3 is 2.53 bits per heavy atom. The van der Waals surface area contributed by atoms with E-state index in [-0.39, 0.29) is 48.8 Å². The van der Waals surface area contributed by atoms with E-state index in [1.165, 1.54) is 12.1 Å². The zero-order chi connectivity index (χ0) is 25.7. The molecule has 1 fully saturated rings. The van der Waals surface area contributed by atoms with Gasteiger partial charge < -0.3 is 9.80 Å². The lowest BCUT2D eigenvalue weighted by molar-refractivity contribution is -0.0220. The minimum absolute atomic E-state index is 0.0171. The quantitative estimate of drug-likeness (QED) is 0.516. The lowest BCUT2D eigenvalue weighted by Gasteiger charge is -2.34. The van der Waals surface area contributed by atoms with Crippen molar-refractivity contribution in [3.8, 4) is 5.69 Å². The van der Waals surface area contributed by atoms with Crippen molar-refractivity contribution in [2.75, 3.05) is 24.2 Å². The molecule has 3 aromatic rings. The van der Waals surface area contributed by atoms with Gasteiger partial charge in [-0.1, -0.05) is 6.92 Å². The molecule has 2 aliphatic heterocycles. The SMILES string of the molecule is CCc1cc(-n2cc3c(n2)CN(C(=O)c2cc(S(C)(=O)=O)ccc2N2CCC(F)(F)CC2)C3)ccn1. The van der Waals surface area contributed by atoms with E-state index in [1.807, 2.05) is 25.3 Å². The van der Waals surface area contributed by atoms with Crippen molar-refractivity contribution in [3.63, 3.8) is 0 Å². The summed E-state index contributed by atoms with van der Waals surface area (Å²) in [7, 11) is -3.56. The van der Waals surface area contributed by atoms with Gasteiger partial charge in [0.1, 0.15) is 0 Å². The summed E-state index contributed by atoms with van der Waals surface area (Å²) in [6.07, 6.45) is 4.89. The third-order valence-electron chi connectivity index (χ3n) is 6.76. The smallest absolute Gasteiger partial charge is 0.256 e. The molecule has 2 aromatic heterocycles. The fourth-order valence-electron chi connectivity index (χ4n) is 4.67. The van der Waals surface area contributed by atoms with Gasteiger partial charge >= 0.3 is 0 Å². The fraction of sp³-hybridized carbons (Fsp3) is 0.400. The van der Waals surface area contributed by atoms with Crippen LogP contribution in [0.25, 0.3) is 5.69 Å².